The third-order valence-electron chi connectivity index (χ3n) is 2.72. The summed E-state index contributed by atoms with van der Waals surface area (Å²) in [5.74, 6) is 0. The molecule has 0 aliphatic carbocycles. The molecule has 0 aromatic heterocycles. The lowest BCUT2D eigenvalue weighted by atomic mass is 10.4. The topological polar surface area (TPSA) is 44.8 Å². The molecular formula is C13H29O4P. The first-order valence-electron chi connectivity index (χ1n) is 6.41. The maximum atomic E-state index is 13.2. The Labute approximate surface area is 112 Å². The highest BCUT2D eigenvalue weighted by Crippen LogP contribution is 2.68. The van der Waals surface area contributed by atoms with Crippen molar-refractivity contribution >= 4 is 7.37 Å². The largest absolute Gasteiger partial charge is 0.363 e. The van der Waals surface area contributed by atoms with Crippen molar-refractivity contribution in [1.82, 2.24) is 0 Å². The van der Waals surface area contributed by atoms with Crippen molar-refractivity contribution in [3.63, 3.8) is 0 Å². The number of rotatable bonds is 7. The first-order chi connectivity index (χ1) is 7.89. The Balaban J connectivity index is 5.41. The molecule has 0 atom stereocenters. The van der Waals surface area contributed by atoms with E-state index >= 15 is 0 Å². The average molecular weight is 280 g/mol. The van der Waals surface area contributed by atoms with E-state index in [2.05, 4.69) is 0 Å². The molecule has 0 bridgehead atoms. The molecule has 0 N–H and O–H groups in total. The lowest BCUT2D eigenvalue weighted by Gasteiger charge is -2.43. The van der Waals surface area contributed by atoms with Gasteiger partial charge >= 0.3 is 0 Å². The summed E-state index contributed by atoms with van der Waals surface area (Å²) < 4.78 is 30.2. The number of hydrogen-bond donors (Lipinski definition) is 0. The molecule has 0 spiro atoms. The molecule has 0 heterocycles. The molecule has 0 fully saturated rings. The van der Waals surface area contributed by atoms with Crippen LogP contribution in [0.5, 0.6) is 0 Å². The Morgan fingerprint density at radius 2 is 1.11 bits per heavy atom. The molecular weight excluding hydrogens is 251 g/mol. The van der Waals surface area contributed by atoms with Crippen LogP contribution in [0, 0.1) is 0 Å². The molecule has 0 aromatic rings. The minimum Gasteiger partial charge on any atom is -0.363 e. The SMILES string of the molecule is COP(=O)(C(C)(C)OC(C)C)C(C)(C)OC(C)C. The van der Waals surface area contributed by atoms with Gasteiger partial charge in [0.25, 0.3) is 7.37 Å². The summed E-state index contributed by atoms with van der Waals surface area (Å²) >= 11 is 0. The highest BCUT2D eigenvalue weighted by atomic mass is 31.2. The van der Waals surface area contributed by atoms with E-state index < -0.39 is 18.1 Å². The van der Waals surface area contributed by atoms with Crippen molar-refractivity contribution in [2.24, 2.45) is 0 Å². The smallest absolute Gasteiger partial charge is 0.263 e. The molecule has 0 unspecified atom stereocenters. The molecule has 0 aliphatic heterocycles. The van der Waals surface area contributed by atoms with Gasteiger partial charge < -0.3 is 14.0 Å². The van der Waals surface area contributed by atoms with Crippen LogP contribution in [0.4, 0.5) is 0 Å². The van der Waals surface area contributed by atoms with Crippen LogP contribution in [-0.4, -0.2) is 30.0 Å². The van der Waals surface area contributed by atoms with Crippen molar-refractivity contribution in [2.45, 2.75) is 78.3 Å². The van der Waals surface area contributed by atoms with Crippen molar-refractivity contribution < 1.29 is 18.6 Å². The zero-order valence-electron chi connectivity index (χ0n) is 13.2. The van der Waals surface area contributed by atoms with E-state index in [9.17, 15) is 4.57 Å². The van der Waals surface area contributed by atoms with Gasteiger partial charge in [-0.1, -0.05) is 0 Å². The van der Waals surface area contributed by atoms with Crippen molar-refractivity contribution in [3.8, 4) is 0 Å². The predicted molar refractivity (Wildman–Crippen MR) is 75.2 cm³/mol. The molecule has 0 saturated carbocycles. The fourth-order valence-electron chi connectivity index (χ4n) is 2.38. The Hall–Kier alpha value is 0.110. The molecule has 0 amide bonds. The van der Waals surface area contributed by atoms with Gasteiger partial charge in [0.1, 0.15) is 10.7 Å². The maximum Gasteiger partial charge on any atom is 0.263 e. The summed E-state index contributed by atoms with van der Waals surface area (Å²) in [6, 6.07) is 0. The van der Waals surface area contributed by atoms with Crippen LogP contribution >= 0.6 is 7.37 Å². The Morgan fingerprint density at radius 3 is 1.28 bits per heavy atom. The average Bonchev–Trinajstić information content (AvgIpc) is 2.11. The molecule has 0 saturated heterocycles. The van der Waals surface area contributed by atoms with Gasteiger partial charge in [0, 0.05) is 7.11 Å². The zero-order valence-corrected chi connectivity index (χ0v) is 14.1. The van der Waals surface area contributed by atoms with Gasteiger partial charge in [-0.25, -0.2) is 0 Å². The van der Waals surface area contributed by atoms with Crippen molar-refractivity contribution in [3.05, 3.63) is 0 Å². The lowest BCUT2D eigenvalue weighted by molar-refractivity contribution is -0.0442. The molecule has 0 aromatic carbocycles. The normalized spacial score (nSPS) is 14.6. The van der Waals surface area contributed by atoms with Crippen molar-refractivity contribution in [2.75, 3.05) is 7.11 Å². The van der Waals surface area contributed by atoms with E-state index in [1.165, 1.54) is 7.11 Å². The standard InChI is InChI=1S/C13H29O4P/c1-10(2)16-12(5,6)18(14,15-9)13(7,8)17-11(3)4/h10-11H,1-9H3. The van der Waals surface area contributed by atoms with Crippen LogP contribution < -0.4 is 0 Å². The predicted octanol–water partition coefficient (Wildman–Crippen LogP) is 4.23. The monoisotopic (exact) mass is 280 g/mol. The molecule has 0 radical (unpaired) electrons. The van der Waals surface area contributed by atoms with E-state index in [4.69, 9.17) is 14.0 Å². The zero-order chi connectivity index (χ0) is 14.8. The van der Waals surface area contributed by atoms with E-state index in [1.807, 2.05) is 27.7 Å². The molecule has 5 heteroatoms. The lowest BCUT2D eigenvalue weighted by Crippen LogP contribution is -2.40. The maximum absolute atomic E-state index is 13.2. The summed E-state index contributed by atoms with van der Waals surface area (Å²) in [5.41, 5.74) is 0. The van der Waals surface area contributed by atoms with Crippen LogP contribution in [0.25, 0.3) is 0 Å². The second kappa shape index (κ2) is 6.04. The van der Waals surface area contributed by atoms with Crippen LogP contribution in [0.1, 0.15) is 55.4 Å². The number of ether oxygens (including phenoxy) is 2. The quantitative estimate of drug-likeness (QED) is 0.654. The minimum atomic E-state index is -3.16. The highest BCUT2D eigenvalue weighted by Gasteiger charge is 2.54. The summed E-state index contributed by atoms with van der Waals surface area (Å²) in [7, 11) is -1.70. The van der Waals surface area contributed by atoms with E-state index in [0.29, 0.717) is 0 Å². The first kappa shape index (κ1) is 18.1. The van der Waals surface area contributed by atoms with Gasteiger partial charge in [-0.3, -0.25) is 4.57 Å². The van der Waals surface area contributed by atoms with E-state index in [-0.39, 0.29) is 12.2 Å². The third-order valence-corrected chi connectivity index (χ3v) is 6.28. The molecule has 18 heavy (non-hydrogen) atoms. The Morgan fingerprint density at radius 1 is 0.833 bits per heavy atom. The van der Waals surface area contributed by atoms with Gasteiger partial charge in [0.05, 0.1) is 12.2 Å². The number of hydrogen-bond acceptors (Lipinski definition) is 4. The van der Waals surface area contributed by atoms with Crippen LogP contribution in [0.2, 0.25) is 0 Å². The van der Waals surface area contributed by atoms with Gasteiger partial charge in [-0.15, -0.1) is 0 Å². The summed E-state index contributed by atoms with van der Waals surface area (Å²) in [6.45, 7) is 14.8. The third kappa shape index (κ3) is 3.80. The molecule has 4 nitrogen and oxygen atoms in total. The molecule has 110 valence electrons. The highest BCUT2D eigenvalue weighted by molar-refractivity contribution is 7.61. The fourth-order valence-corrected chi connectivity index (χ4v) is 5.26. The fraction of sp³-hybridized carbons (Fsp3) is 1.00. The van der Waals surface area contributed by atoms with Crippen molar-refractivity contribution in [1.29, 1.82) is 0 Å². The van der Waals surface area contributed by atoms with Crippen LogP contribution in [0.15, 0.2) is 0 Å². The van der Waals surface area contributed by atoms with Gasteiger partial charge in [0.2, 0.25) is 0 Å². The van der Waals surface area contributed by atoms with Crippen LogP contribution in [0.3, 0.4) is 0 Å². The minimum absolute atomic E-state index is 0.0293. The summed E-state index contributed by atoms with van der Waals surface area (Å²) in [4.78, 5) is 0. The van der Waals surface area contributed by atoms with Crippen LogP contribution in [-0.2, 0) is 18.6 Å². The Kier molecular flexibility index (Phi) is 6.08. The Bertz CT molecular complexity index is 282. The van der Waals surface area contributed by atoms with Gasteiger partial charge in [-0.05, 0) is 55.4 Å². The van der Waals surface area contributed by atoms with Gasteiger partial charge in [-0.2, -0.15) is 0 Å². The summed E-state index contributed by atoms with van der Waals surface area (Å²) in [6.07, 6.45) is -0.0587. The molecule has 0 aliphatic rings. The summed E-state index contributed by atoms with van der Waals surface area (Å²) in [5, 5.41) is -1.79. The first-order valence-corrected chi connectivity index (χ1v) is 8.03. The second-order valence-corrected chi connectivity index (χ2v) is 9.58. The van der Waals surface area contributed by atoms with Gasteiger partial charge in [0.15, 0.2) is 0 Å². The second-order valence-electron chi connectivity index (χ2n) is 5.96. The van der Waals surface area contributed by atoms with E-state index in [0.717, 1.165) is 0 Å². The van der Waals surface area contributed by atoms with E-state index in [1.54, 1.807) is 27.7 Å². The molecule has 0 rings (SSSR count).